The van der Waals surface area contributed by atoms with Gasteiger partial charge >= 0.3 is 0 Å². The quantitative estimate of drug-likeness (QED) is 0.677. The van der Waals surface area contributed by atoms with Crippen LogP contribution in [0.2, 0.25) is 0 Å². The molecule has 0 aliphatic carbocycles. The van der Waals surface area contributed by atoms with Gasteiger partial charge in [0, 0.05) is 17.8 Å². The van der Waals surface area contributed by atoms with Crippen molar-refractivity contribution in [3.8, 4) is 11.1 Å². The molecule has 2 aromatic carbocycles. The lowest BCUT2D eigenvalue weighted by atomic mass is 9.94. The van der Waals surface area contributed by atoms with Crippen molar-refractivity contribution in [2.45, 2.75) is 13.5 Å². The molecule has 1 heterocycles. The maximum atomic E-state index is 3.45. The molecule has 0 unspecified atom stereocenters. The van der Waals surface area contributed by atoms with Gasteiger partial charge in [-0.15, -0.1) is 0 Å². The first-order chi connectivity index (χ1) is 7.34. The summed E-state index contributed by atoms with van der Waals surface area (Å²) in [6, 6.07) is 15.2. The van der Waals surface area contributed by atoms with E-state index in [-0.39, 0.29) is 0 Å². The molecule has 0 amide bonds. The summed E-state index contributed by atoms with van der Waals surface area (Å²) in [7, 11) is 0. The Morgan fingerprint density at radius 2 is 1.87 bits per heavy atom. The van der Waals surface area contributed by atoms with E-state index in [1.165, 1.54) is 27.9 Å². The number of anilines is 1. The van der Waals surface area contributed by atoms with Crippen LogP contribution in [-0.2, 0) is 6.54 Å². The Balaban J connectivity index is 2.28. The Kier molecular flexibility index (Phi) is 1.78. The maximum absolute atomic E-state index is 3.45. The average molecular weight is 195 g/mol. The number of nitrogens with one attached hydrogen (secondary N) is 1. The first-order valence-electron chi connectivity index (χ1n) is 5.27. The van der Waals surface area contributed by atoms with Gasteiger partial charge in [0.25, 0.3) is 0 Å². The van der Waals surface area contributed by atoms with Gasteiger partial charge in [0.15, 0.2) is 0 Å². The second-order valence-corrected chi connectivity index (χ2v) is 4.06. The van der Waals surface area contributed by atoms with Crippen molar-refractivity contribution in [1.82, 2.24) is 0 Å². The van der Waals surface area contributed by atoms with Crippen molar-refractivity contribution in [3.63, 3.8) is 0 Å². The second kappa shape index (κ2) is 3.13. The Hall–Kier alpha value is -1.76. The molecule has 0 saturated heterocycles. The lowest BCUT2D eigenvalue weighted by molar-refractivity contribution is 1.13. The molecule has 1 aliphatic rings. The Morgan fingerprint density at radius 3 is 2.80 bits per heavy atom. The molecule has 0 saturated carbocycles. The van der Waals surface area contributed by atoms with Gasteiger partial charge in [-0.25, -0.2) is 0 Å². The van der Waals surface area contributed by atoms with Gasteiger partial charge in [0.05, 0.1) is 0 Å². The first kappa shape index (κ1) is 8.54. The van der Waals surface area contributed by atoms with E-state index in [2.05, 4.69) is 54.7 Å². The zero-order valence-corrected chi connectivity index (χ0v) is 8.75. The fraction of sp³-hybridized carbons (Fsp3) is 0.143. The van der Waals surface area contributed by atoms with Crippen molar-refractivity contribution in [2.24, 2.45) is 0 Å². The van der Waals surface area contributed by atoms with Crippen LogP contribution >= 0.6 is 0 Å². The topological polar surface area (TPSA) is 12.0 Å². The fourth-order valence-electron chi connectivity index (χ4n) is 2.16. The molecule has 0 bridgehead atoms. The zero-order valence-electron chi connectivity index (χ0n) is 8.75. The summed E-state index contributed by atoms with van der Waals surface area (Å²) in [5.41, 5.74) is 6.65. The summed E-state index contributed by atoms with van der Waals surface area (Å²) in [5.74, 6) is 0. The smallest absolute Gasteiger partial charge is 0.0422 e. The number of fused-ring (bicyclic) bond motifs is 3. The van der Waals surface area contributed by atoms with Crippen LogP contribution in [0.4, 0.5) is 5.69 Å². The van der Waals surface area contributed by atoms with Gasteiger partial charge < -0.3 is 5.32 Å². The molecule has 15 heavy (non-hydrogen) atoms. The molecular weight excluding hydrogens is 182 g/mol. The van der Waals surface area contributed by atoms with E-state index >= 15 is 0 Å². The van der Waals surface area contributed by atoms with E-state index in [4.69, 9.17) is 0 Å². The zero-order chi connectivity index (χ0) is 10.3. The van der Waals surface area contributed by atoms with Crippen molar-refractivity contribution in [1.29, 1.82) is 0 Å². The number of hydrogen-bond donors (Lipinski definition) is 1. The highest BCUT2D eigenvalue weighted by Crippen LogP contribution is 2.35. The lowest BCUT2D eigenvalue weighted by Crippen LogP contribution is -2.08. The van der Waals surface area contributed by atoms with E-state index in [1.807, 2.05) is 0 Å². The first-order valence-corrected chi connectivity index (χ1v) is 5.27. The molecule has 1 heteroatoms. The lowest BCUT2D eigenvalue weighted by Gasteiger charge is -2.21. The minimum Gasteiger partial charge on any atom is -0.380 e. The molecule has 0 atom stereocenters. The number of hydrogen-bond acceptors (Lipinski definition) is 1. The van der Waals surface area contributed by atoms with E-state index in [1.54, 1.807) is 0 Å². The molecule has 1 nitrogen and oxygen atoms in total. The van der Waals surface area contributed by atoms with E-state index < -0.39 is 0 Å². The third-order valence-corrected chi connectivity index (χ3v) is 2.95. The fourth-order valence-corrected chi connectivity index (χ4v) is 2.16. The van der Waals surface area contributed by atoms with Gasteiger partial charge in [-0.05, 0) is 30.2 Å². The highest BCUT2D eigenvalue weighted by atomic mass is 14.9. The van der Waals surface area contributed by atoms with Crippen LogP contribution in [0.15, 0.2) is 42.5 Å². The monoisotopic (exact) mass is 195 g/mol. The summed E-state index contributed by atoms with van der Waals surface area (Å²) in [6.07, 6.45) is 0. The largest absolute Gasteiger partial charge is 0.380 e. The van der Waals surface area contributed by atoms with Crippen LogP contribution in [0.5, 0.6) is 0 Å². The molecule has 2 aromatic rings. The third-order valence-electron chi connectivity index (χ3n) is 2.95. The maximum Gasteiger partial charge on any atom is 0.0422 e. The molecule has 74 valence electrons. The van der Waals surface area contributed by atoms with Crippen molar-refractivity contribution in [2.75, 3.05) is 5.32 Å². The average Bonchev–Trinajstić information content (AvgIpc) is 2.29. The van der Waals surface area contributed by atoms with Crippen LogP contribution in [0.3, 0.4) is 0 Å². The van der Waals surface area contributed by atoms with Gasteiger partial charge in [-0.2, -0.15) is 0 Å². The molecule has 1 aliphatic heterocycles. The normalized spacial score (nSPS) is 12.6. The predicted molar refractivity (Wildman–Crippen MR) is 63.9 cm³/mol. The summed E-state index contributed by atoms with van der Waals surface area (Å²) >= 11 is 0. The summed E-state index contributed by atoms with van der Waals surface area (Å²) in [5, 5.41) is 3.45. The minimum absolute atomic E-state index is 0.937. The molecule has 3 rings (SSSR count). The van der Waals surface area contributed by atoms with E-state index in [0.717, 1.165) is 6.54 Å². The highest BCUT2D eigenvalue weighted by molar-refractivity contribution is 5.83. The van der Waals surface area contributed by atoms with Gasteiger partial charge in [-0.1, -0.05) is 35.9 Å². The molecule has 0 radical (unpaired) electrons. The second-order valence-electron chi connectivity index (χ2n) is 4.06. The van der Waals surface area contributed by atoms with Crippen LogP contribution in [-0.4, -0.2) is 0 Å². The summed E-state index contributed by atoms with van der Waals surface area (Å²) < 4.78 is 0. The number of aryl methyl sites for hydroxylation is 1. The molecule has 0 aromatic heterocycles. The van der Waals surface area contributed by atoms with E-state index in [9.17, 15) is 0 Å². The van der Waals surface area contributed by atoms with E-state index in [0.29, 0.717) is 0 Å². The van der Waals surface area contributed by atoms with Crippen molar-refractivity contribution >= 4 is 5.69 Å². The SMILES string of the molecule is Cc1ccc2c(c1)-c1ccccc1CN2. The van der Waals surface area contributed by atoms with Gasteiger partial charge in [0.1, 0.15) is 0 Å². The van der Waals surface area contributed by atoms with Crippen molar-refractivity contribution < 1.29 is 0 Å². The Morgan fingerprint density at radius 1 is 1.00 bits per heavy atom. The Labute approximate surface area is 89.8 Å². The van der Waals surface area contributed by atoms with Crippen LogP contribution in [0.25, 0.3) is 11.1 Å². The third kappa shape index (κ3) is 1.32. The predicted octanol–water partition coefficient (Wildman–Crippen LogP) is 3.59. The number of benzene rings is 2. The van der Waals surface area contributed by atoms with Crippen LogP contribution < -0.4 is 5.32 Å². The molecular formula is C14H13N. The van der Waals surface area contributed by atoms with Crippen molar-refractivity contribution in [3.05, 3.63) is 53.6 Å². The van der Waals surface area contributed by atoms with Gasteiger partial charge in [0.2, 0.25) is 0 Å². The number of rotatable bonds is 0. The summed E-state index contributed by atoms with van der Waals surface area (Å²) in [6.45, 7) is 3.07. The van der Waals surface area contributed by atoms with Crippen LogP contribution in [0.1, 0.15) is 11.1 Å². The molecule has 1 N–H and O–H groups in total. The molecule has 0 fully saturated rings. The van der Waals surface area contributed by atoms with Gasteiger partial charge in [-0.3, -0.25) is 0 Å². The van der Waals surface area contributed by atoms with Crippen LogP contribution in [0, 0.1) is 6.92 Å². The standard InChI is InChI=1S/C14H13N/c1-10-6-7-14-13(8-10)12-5-3-2-4-11(12)9-15-14/h2-8,15H,9H2,1H3. The summed E-state index contributed by atoms with van der Waals surface area (Å²) in [4.78, 5) is 0. The highest BCUT2D eigenvalue weighted by Gasteiger charge is 2.14. The minimum atomic E-state index is 0.937. The molecule has 0 spiro atoms. The Bertz CT molecular complexity index is 514.